The molecule has 0 aromatic heterocycles. The Kier molecular flexibility index (Phi) is 10.3. The van der Waals surface area contributed by atoms with Gasteiger partial charge in [0.2, 0.25) is 5.41 Å². The first-order valence-corrected chi connectivity index (χ1v) is 7.53. The quantitative estimate of drug-likeness (QED) is 0.265. The third-order valence-corrected chi connectivity index (χ3v) is 2.76. The zero-order valence-corrected chi connectivity index (χ0v) is 14.1. The van der Waals surface area contributed by atoms with E-state index in [0.717, 1.165) is 0 Å². The molecule has 0 saturated heterocycles. The molecule has 0 aliphatic rings. The second-order valence-corrected chi connectivity index (χ2v) is 4.27. The van der Waals surface area contributed by atoms with Crippen LogP contribution in [0.25, 0.3) is 0 Å². The molecule has 6 nitrogen and oxygen atoms in total. The van der Waals surface area contributed by atoms with Gasteiger partial charge in [0.05, 0.1) is 13.2 Å². The van der Waals surface area contributed by atoms with Crippen molar-refractivity contribution in [2.24, 2.45) is 5.41 Å². The number of carbonyl (C=O) groups excluding carboxylic acids is 2. The molecule has 0 unspecified atom stereocenters. The Hall–Kier alpha value is -1.58. The van der Waals surface area contributed by atoms with E-state index in [9.17, 15) is 9.59 Å². The molecule has 0 atom stereocenters. The van der Waals surface area contributed by atoms with Crippen molar-refractivity contribution in [1.82, 2.24) is 0 Å². The predicted molar refractivity (Wildman–Crippen MR) is 80.8 cm³/mol. The van der Waals surface area contributed by atoms with Crippen LogP contribution in [-0.2, 0) is 28.5 Å². The molecule has 0 fully saturated rings. The molecule has 0 aromatic carbocycles. The summed E-state index contributed by atoms with van der Waals surface area (Å²) in [5.74, 6) is 3.78. The lowest BCUT2D eigenvalue weighted by molar-refractivity contribution is -0.184. The molecule has 0 heterocycles. The van der Waals surface area contributed by atoms with Gasteiger partial charge in [0.15, 0.2) is 6.29 Å². The van der Waals surface area contributed by atoms with Gasteiger partial charge < -0.3 is 18.9 Å². The largest absolute Gasteiger partial charge is 0.464 e. The van der Waals surface area contributed by atoms with E-state index in [0.29, 0.717) is 13.2 Å². The normalized spacial score (nSPS) is 10.8. The van der Waals surface area contributed by atoms with Crippen LogP contribution >= 0.6 is 0 Å². The van der Waals surface area contributed by atoms with Crippen LogP contribution in [0, 0.1) is 17.3 Å². The summed E-state index contributed by atoms with van der Waals surface area (Å²) in [6, 6.07) is 0. The second kappa shape index (κ2) is 11.0. The SMILES string of the molecule is CC#CC(CC(OCC)OCC)(C(=O)OCC)C(=O)OCC. The molecule has 0 rings (SSSR count). The van der Waals surface area contributed by atoms with Gasteiger partial charge in [-0.2, -0.15) is 0 Å². The van der Waals surface area contributed by atoms with E-state index >= 15 is 0 Å². The van der Waals surface area contributed by atoms with Crippen molar-refractivity contribution in [3.8, 4) is 11.8 Å². The Morgan fingerprint density at radius 1 is 0.909 bits per heavy atom. The van der Waals surface area contributed by atoms with Gasteiger partial charge in [0.1, 0.15) is 0 Å². The van der Waals surface area contributed by atoms with Crippen LogP contribution in [-0.4, -0.2) is 44.7 Å². The number of carbonyl (C=O) groups is 2. The molecule has 0 spiro atoms. The van der Waals surface area contributed by atoms with Gasteiger partial charge in [0.25, 0.3) is 0 Å². The lowest BCUT2D eigenvalue weighted by atomic mass is 9.84. The van der Waals surface area contributed by atoms with E-state index in [1.807, 2.05) is 0 Å². The average Bonchev–Trinajstić information content (AvgIpc) is 2.47. The summed E-state index contributed by atoms with van der Waals surface area (Å²) in [6.07, 6.45) is -0.822. The summed E-state index contributed by atoms with van der Waals surface area (Å²) in [5.41, 5.74) is -1.74. The highest BCUT2D eigenvalue weighted by Gasteiger charge is 2.50. The molecule has 0 N–H and O–H groups in total. The van der Waals surface area contributed by atoms with Crippen LogP contribution in [0.1, 0.15) is 41.0 Å². The van der Waals surface area contributed by atoms with Crippen LogP contribution < -0.4 is 0 Å². The maximum atomic E-state index is 12.4. The van der Waals surface area contributed by atoms with Gasteiger partial charge in [-0.15, -0.1) is 5.92 Å². The molecule has 0 aliphatic heterocycles. The van der Waals surface area contributed by atoms with Crippen LogP contribution in [0.2, 0.25) is 0 Å². The first-order valence-electron chi connectivity index (χ1n) is 7.53. The predicted octanol–water partition coefficient (Wildman–Crippen LogP) is 1.91. The first kappa shape index (κ1) is 20.4. The molecular weight excluding hydrogens is 288 g/mol. The van der Waals surface area contributed by atoms with Crippen LogP contribution in [0.3, 0.4) is 0 Å². The first-order chi connectivity index (χ1) is 10.5. The Morgan fingerprint density at radius 2 is 1.36 bits per heavy atom. The van der Waals surface area contributed by atoms with E-state index < -0.39 is 23.6 Å². The van der Waals surface area contributed by atoms with E-state index in [1.165, 1.54) is 0 Å². The highest BCUT2D eigenvalue weighted by molar-refractivity contribution is 6.03. The second-order valence-electron chi connectivity index (χ2n) is 4.27. The third-order valence-electron chi connectivity index (χ3n) is 2.76. The molecule has 22 heavy (non-hydrogen) atoms. The Morgan fingerprint density at radius 3 is 1.68 bits per heavy atom. The average molecular weight is 314 g/mol. The monoisotopic (exact) mass is 314 g/mol. The smallest absolute Gasteiger partial charge is 0.336 e. The highest BCUT2D eigenvalue weighted by Crippen LogP contribution is 2.29. The number of esters is 2. The summed E-state index contributed by atoms with van der Waals surface area (Å²) in [5, 5.41) is 0. The lowest BCUT2D eigenvalue weighted by Crippen LogP contribution is -2.44. The minimum absolute atomic E-state index is 0.0762. The standard InChI is InChI=1S/C16H26O6/c1-6-11-16(14(17)21-9-4,15(18)22-10-5)12-13(19-7-2)20-8-3/h13H,7-10,12H2,1-5H3. The number of rotatable bonds is 10. The highest BCUT2D eigenvalue weighted by atomic mass is 16.7. The molecular formula is C16H26O6. The van der Waals surface area contributed by atoms with E-state index in [-0.39, 0.29) is 19.6 Å². The maximum absolute atomic E-state index is 12.4. The fraction of sp³-hybridized carbons (Fsp3) is 0.750. The van der Waals surface area contributed by atoms with Crippen molar-refractivity contribution < 1.29 is 28.5 Å². The van der Waals surface area contributed by atoms with Gasteiger partial charge in [-0.05, 0) is 34.6 Å². The minimum Gasteiger partial charge on any atom is -0.464 e. The van der Waals surface area contributed by atoms with Crippen LogP contribution in [0.5, 0.6) is 0 Å². The molecule has 0 saturated carbocycles. The molecule has 0 aliphatic carbocycles. The summed E-state index contributed by atoms with van der Waals surface area (Å²) >= 11 is 0. The Labute approximate surface area is 132 Å². The minimum atomic E-state index is -1.74. The maximum Gasteiger partial charge on any atom is 0.336 e. The zero-order valence-electron chi connectivity index (χ0n) is 14.1. The van der Waals surface area contributed by atoms with Crippen molar-refractivity contribution in [2.45, 2.75) is 47.3 Å². The topological polar surface area (TPSA) is 71.1 Å². The van der Waals surface area contributed by atoms with Crippen LogP contribution in [0.15, 0.2) is 0 Å². The molecule has 0 aromatic rings. The van der Waals surface area contributed by atoms with Gasteiger partial charge >= 0.3 is 11.9 Å². The van der Waals surface area contributed by atoms with E-state index in [1.54, 1.807) is 34.6 Å². The number of hydrogen-bond acceptors (Lipinski definition) is 6. The lowest BCUT2D eigenvalue weighted by Gasteiger charge is -2.28. The molecule has 0 radical (unpaired) electrons. The molecule has 0 amide bonds. The number of hydrogen-bond donors (Lipinski definition) is 0. The van der Waals surface area contributed by atoms with Crippen molar-refractivity contribution in [3.63, 3.8) is 0 Å². The van der Waals surface area contributed by atoms with Gasteiger partial charge in [-0.25, -0.2) is 9.59 Å². The van der Waals surface area contributed by atoms with Crippen molar-refractivity contribution in [2.75, 3.05) is 26.4 Å². The van der Waals surface area contributed by atoms with Crippen molar-refractivity contribution in [1.29, 1.82) is 0 Å². The Balaban J connectivity index is 5.62. The van der Waals surface area contributed by atoms with Crippen molar-refractivity contribution in [3.05, 3.63) is 0 Å². The molecule has 6 heteroatoms. The number of ether oxygens (including phenoxy) is 4. The van der Waals surface area contributed by atoms with Crippen LogP contribution in [0.4, 0.5) is 0 Å². The molecule has 0 bridgehead atoms. The van der Waals surface area contributed by atoms with Gasteiger partial charge in [-0.1, -0.05) is 5.92 Å². The van der Waals surface area contributed by atoms with Gasteiger partial charge in [0, 0.05) is 19.6 Å². The van der Waals surface area contributed by atoms with Gasteiger partial charge in [-0.3, -0.25) is 0 Å². The van der Waals surface area contributed by atoms with E-state index in [2.05, 4.69) is 11.8 Å². The third kappa shape index (κ3) is 5.66. The summed E-state index contributed by atoms with van der Waals surface area (Å²) in [7, 11) is 0. The zero-order chi connectivity index (χ0) is 17.0. The summed E-state index contributed by atoms with van der Waals surface area (Å²) in [6.45, 7) is 9.51. The van der Waals surface area contributed by atoms with Crippen molar-refractivity contribution >= 4 is 11.9 Å². The molecule has 126 valence electrons. The fourth-order valence-electron chi connectivity index (χ4n) is 1.91. The summed E-state index contributed by atoms with van der Waals surface area (Å²) < 4.78 is 20.9. The summed E-state index contributed by atoms with van der Waals surface area (Å²) in [4.78, 5) is 24.8. The fourth-order valence-corrected chi connectivity index (χ4v) is 1.91. The Bertz CT molecular complexity index is 383. The van der Waals surface area contributed by atoms with E-state index in [4.69, 9.17) is 18.9 Å².